The van der Waals surface area contributed by atoms with E-state index in [4.69, 9.17) is 6.42 Å². The van der Waals surface area contributed by atoms with Crippen LogP contribution in [0.5, 0.6) is 0 Å². The zero-order chi connectivity index (χ0) is 52.4. The first kappa shape index (κ1) is 52.1. The molecule has 2 aliphatic rings. The molecule has 10 aromatic carbocycles. The third-order valence-corrected chi connectivity index (χ3v) is 14.2. The Bertz CT molecular complexity index is 3360. The molecule has 0 bridgehead atoms. The van der Waals surface area contributed by atoms with Crippen molar-refractivity contribution in [1.29, 1.82) is 0 Å². The third kappa shape index (κ3) is 10.6. The van der Waals surface area contributed by atoms with E-state index >= 15 is 0 Å². The van der Waals surface area contributed by atoms with Crippen molar-refractivity contribution in [2.45, 2.75) is 52.4 Å². The average Bonchev–Trinajstić information content (AvgIpc) is 4.06. The van der Waals surface area contributed by atoms with Gasteiger partial charge >= 0.3 is 21.1 Å². The van der Waals surface area contributed by atoms with Crippen LogP contribution in [0.3, 0.4) is 0 Å². The Kier molecular flexibility index (Phi) is 14.9. The summed E-state index contributed by atoms with van der Waals surface area (Å²) in [7, 11) is 0. The zero-order valence-corrected chi connectivity index (χ0v) is 46.6. The first-order chi connectivity index (χ1) is 36.9. The van der Waals surface area contributed by atoms with Gasteiger partial charge in [0.1, 0.15) is 0 Å². The topological polar surface area (TPSA) is 13.0 Å². The number of hydrogen-bond donors (Lipinski definition) is 0. The van der Waals surface area contributed by atoms with E-state index in [9.17, 15) is 0 Å². The molecule has 2 aliphatic heterocycles. The zero-order valence-electron chi connectivity index (χ0n) is 44.4. The maximum atomic E-state index is 7.30. The van der Waals surface area contributed by atoms with Crippen LogP contribution in [-0.4, -0.2) is 0 Å². The van der Waals surface area contributed by atoms with Gasteiger partial charge in [-0.25, -0.2) is 0 Å². The SMILES string of the molecule is [C-]#Cc1cc(C(C)(C)C)cc(C(C)(C)C)c1.[Pt+4].[c-]1c(N2[CH-]N(c3c(-c4ccccc4)cccc3-c3ccccc3)c3ccccc32)cccc1N1[CH-]N(c2c(-c3ccccc3)cccc2-c2ccccc2)c2ccccc21. The largest absolute Gasteiger partial charge is 4.00 e. The van der Waals surface area contributed by atoms with Gasteiger partial charge in [0.25, 0.3) is 0 Å². The van der Waals surface area contributed by atoms with Gasteiger partial charge in [-0.1, -0.05) is 241 Å². The van der Waals surface area contributed by atoms with Gasteiger partial charge < -0.3 is 26.0 Å². The fourth-order valence-corrected chi connectivity index (χ4v) is 10.3. The van der Waals surface area contributed by atoms with Gasteiger partial charge in [0, 0.05) is 56.4 Å². The molecule has 0 spiro atoms. The van der Waals surface area contributed by atoms with Crippen molar-refractivity contribution in [2.75, 3.05) is 19.6 Å². The van der Waals surface area contributed by atoms with Gasteiger partial charge in [-0.2, -0.15) is 6.07 Å². The Morgan fingerprint density at radius 1 is 0.351 bits per heavy atom. The van der Waals surface area contributed by atoms with Gasteiger partial charge in [-0.15, -0.1) is 60.6 Å². The molecule has 0 atom stereocenters. The molecule has 0 unspecified atom stereocenters. The van der Waals surface area contributed by atoms with Crippen LogP contribution in [0.2, 0.25) is 0 Å². The maximum absolute atomic E-state index is 7.30. The second-order valence-electron chi connectivity index (χ2n) is 21.4. The van der Waals surface area contributed by atoms with Crippen molar-refractivity contribution < 1.29 is 21.1 Å². The predicted octanol–water partition coefficient (Wildman–Crippen LogP) is 19.2. The van der Waals surface area contributed by atoms with Crippen LogP contribution in [0.15, 0.2) is 243 Å². The van der Waals surface area contributed by atoms with E-state index < -0.39 is 0 Å². The van der Waals surface area contributed by atoms with E-state index in [1.54, 1.807) is 0 Å². The number of benzene rings is 10. The summed E-state index contributed by atoms with van der Waals surface area (Å²) in [6.45, 7) is 17.6. The van der Waals surface area contributed by atoms with Crippen LogP contribution in [0.4, 0.5) is 45.5 Å². The van der Waals surface area contributed by atoms with Crippen LogP contribution in [0, 0.1) is 31.7 Å². The van der Waals surface area contributed by atoms with Crippen molar-refractivity contribution >= 4 is 45.5 Å². The molecule has 0 saturated heterocycles. The van der Waals surface area contributed by atoms with Crippen LogP contribution < -0.4 is 19.6 Å². The summed E-state index contributed by atoms with van der Waals surface area (Å²) >= 11 is 0. The van der Waals surface area contributed by atoms with Gasteiger partial charge in [0.05, 0.1) is 0 Å². The molecule has 0 radical (unpaired) electrons. The first-order valence-electron chi connectivity index (χ1n) is 26.1. The smallest absolute Gasteiger partial charge is 0.493 e. The predicted molar refractivity (Wildman–Crippen MR) is 320 cm³/mol. The van der Waals surface area contributed by atoms with E-state index in [1.807, 2.05) is 0 Å². The van der Waals surface area contributed by atoms with Gasteiger partial charge in [0.2, 0.25) is 0 Å². The molecule has 0 fully saturated rings. The van der Waals surface area contributed by atoms with Crippen molar-refractivity contribution in [3.63, 3.8) is 0 Å². The molecule has 10 aromatic rings. The van der Waals surface area contributed by atoms with E-state index in [2.05, 4.69) is 329 Å². The number of nitrogens with zero attached hydrogens (tertiary/aromatic N) is 4. The van der Waals surface area contributed by atoms with Crippen molar-refractivity contribution in [1.82, 2.24) is 0 Å². The Labute approximate surface area is 471 Å². The Hall–Kier alpha value is -8.35. The summed E-state index contributed by atoms with van der Waals surface area (Å²) < 4.78 is 0. The quantitative estimate of drug-likeness (QED) is 0.111. The molecular weight excluding hydrogens is 1120 g/mol. The number of fused-ring (bicyclic) bond motifs is 2. The summed E-state index contributed by atoms with van der Waals surface area (Å²) in [6, 6.07) is 90.0. The summed E-state index contributed by atoms with van der Waals surface area (Å²) in [5.41, 5.74) is 21.5. The molecule has 4 nitrogen and oxygen atoms in total. The second-order valence-corrected chi connectivity index (χ2v) is 21.4. The molecule has 0 saturated carbocycles. The number of anilines is 8. The Morgan fingerprint density at radius 3 is 0.935 bits per heavy atom. The van der Waals surface area contributed by atoms with Crippen molar-refractivity contribution in [3.8, 4) is 50.4 Å². The monoisotopic (exact) mass is 1180 g/mol. The summed E-state index contributed by atoms with van der Waals surface area (Å²) in [6.07, 6.45) is 7.30. The molecule has 77 heavy (non-hydrogen) atoms. The van der Waals surface area contributed by atoms with Crippen LogP contribution in [0.1, 0.15) is 58.2 Å². The first-order valence-corrected chi connectivity index (χ1v) is 26.1. The van der Waals surface area contributed by atoms with E-state index in [0.717, 1.165) is 73.3 Å². The van der Waals surface area contributed by atoms with Crippen LogP contribution in [0.25, 0.3) is 44.5 Å². The fraction of sp³-hybridized carbons (Fsp3) is 0.111. The van der Waals surface area contributed by atoms with Crippen molar-refractivity contribution in [3.05, 3.63) is 285 Å². The fourth-order valence-electron chi connectivity index (χ4n) is 10.3. The number of rotatable bonds is 8. The summed E-state index contributed by atoms with van der Waals surface area (Å²) in [5, 5.41) is 0. The van der Waals surface area contributed by atoms with Gasteiger partial charge in [-0.05, 0) is 57.3 Å². The number of para-hydroxylation sites is 6. The molecule has 0 amide bonds. The minimum Gasteiger partial charge on any atom is -0.493 e. The average molecular weight is 1180 g/mol. The molecule has 0 N–H and O–H groups in total. The standard InChI is InChI=1S/C56H39N4.C16H21.Pt/c1-5-20-41(21-6-1)47-30-18-31-48(42-22-7-2-8-23-42)55(47)59-39-57(51-34-13-15-36-53(51)59)45-28-17-29-46(38-45)58-40-60(54-37-16-14-35-52(54)58)56-49(43-24-9-3-10-25-43)32-19-33-50(56)44-26-11-4-12-27-44;1-8-12-9-13(15(2,3)4)11-14(10-12)16(5,6)7;/h1-37,39-40H;9-11H,2-7H3;/q-3;-1;+4. The van der Waals surface area contributed by atoms with E-state index in [0.29, 0.717) is 0 Å². The third-order valence-electron chi connectivity index (χ3n) is 14.2. The minimum atomic E-state index is 0. The number of hydrogen-bond acceptors (Lipinski definition) is 4. The Balaban J connectivity index is 0.000000342. The van der Waals surface area contributed by atoms with E-state index in [-0.39, 0.29) is 31.9 Å². The molecule has 5 heteroatoms. The molecule has 0 aromatic heterocycles. The van der Waals surface area contributed by atoms with E-state index in [1.165, 1.54) is 33.4 Å². The Morgan fingerprint density at radius 2 is 0.636 bits per heavy atom. The molecule has 378 valence electrons. The maximum Gasteiger partial charge on any atom is 4.00 e. The van der Waals surface area contributed by atoms with Gasteiger partial charge in [0.15, 0.2) is 0 Å². The second kappa shape index (κ2) is 22.1. The molecule has 0 aliphatic carbocycles. The molecule has 12 rings (SSSR count). The normalized spacial score (nSPS) is 12.7. The van der Waals surface area contributed by atoms with Crippen LogP contribution in [-0.2, 0) is 31.9 Å². The molecular formula is C72H60N4Pt. The van der Waals surface area contributed by atoms with Crippen molar-refractivity contribution in [2.24, 2.45) is 0 Å². The minimum absolute atomic E-state index is 0. The molecule has 2 heterocycles. The van der Waals surface area contributed by atoms with Crippen LogP contribution >= 0.6 is 0 Å². The summed E-state index contributed by atoms with van der Waals surface area (Å²) in [4.78, 5) is 9.25. The summed E-state index contributed by atoms with van der Waals surface area (Å²) in [5.74, 6) is 2.50. The van der Waals surface area contributed by atoms with Gasteiger partial charge in [-0.3, -0.25) is 5.92 Å².